The van der Waals surface area contributed by atoms with Crippen LogP contribution in [0, 0.1) is 0 Å². The van der Waals surface area contributed by atoms with Crippen molar-refractivity contribution < 1.29 is 15.1 Å². The van der Waals surface area contributed by atoms with Gasteiger partial charge in [0.25, 0.3) is 0 Å². The molecule has 0 fully saturated rings. The van der Waals surface area contributed by atoms with Crippen molar-refractivity contribution in [1.82, 2.24) is 0 Å². The SMILES string of the molecule is CC=[CH][K].OB(O)O. The van der Waals surface area contributed by atoms with E-state index in [1.165, 1.54) is 0 Å². The molecule has 0 aliphatic carbocycles. The molecule has 0 aromatic heterocycles. The molecule has 0 aliphatic rings. The summed E-state index contributed by atoms with van der Waals surface area (Å²) in [6, 6.07) is 0. The zero-order valence-electron chi connectivity index (χ0n) is 5.07. The van der Waals surface area contributed by atoms with Crippen LogP contribution in [0.3, 0.4) is 0 Å². The van der Waals surface area contributed by atoms with E-state index in [1.807, 2.05) is 6.92 Å². The average molecular weight is 142 g/mol. The molecule has 0 atom stereocenters. The van der Waals surface area contributed by atoms with Crippen LogP contribution in [-0.2, 0) is 0 Å². The molecule has 0 aliphatic heterocycles. The van der Waals surface area contributed by atoms with Gasteiger partial charge in [0, 0.05) is 0 Å². The molecular formula is C3H8BKO3. The van der Waals surface area contributed by atoms with Crippen molar-refractivity contribution in [1.29, 1.82) is 0 Å². The molecule has 0 amide bonds. The number of allylic oxidation sites excluding steroid dienone is 1. The first-order valence-electron chi connectivity index (χ1n) is 2.26. The van der Waals surface area contributed by atoms with E-state index in [1.54, 1.807) is 0 Å². The van der Waals surface area contributed by atoms with Crippen LogP contribution < -0.4 is 0 Å². The van der Waals surface area contributed by atoms with Crippen molar-refractivity contribution in [2.45, 2.75) is 6.92 Å². The van der Waals surface area contributed by atoms with E-state index in [4.69, 9.17) is 15.1 Å². The fraction of sp³-hybridized carbons (Fsp3) is 0.333. The minimum absolute atomic E-state index is 0.932. The maximum atomic E-state index is 7.17. The Labute approximate surface area is 83.2 Å². The molecule has 8 heavy (non-hydrogen) atoms. The molecule has 0 saturated heterocycles. The van der Waals surface area contributed by atoms with Crippen LogP contribution in [0.2, 0.25) is 0 Å². The van der Waals surface area contributed by atoms with Gasteiger partial charge in [-0.1, -0.05) is 0 Å². The first kappa shape index (κ1) is 12.0. The van der Waals surface area contributed by atoms with Crippen LogP contribution in [-0.4, -0.2) is 71.3 Å². The second-order valence-corrected chi connectivity index (χ2v) is 2.05. The van der Waals surface area contributed by atoms with Crippen molar-refractivity contribution in [2.75, 3.05) is 0 Å². The number of hydrogen-bond donors (Lipinski definition) is 3. The Bertz CT molecular complexity index is 49.7. The molecule has 0 heterocycles. The molecule has 3 nitrogen and oxygen atoms in total. The zero-order valence-corrected chi connectivity index (χ0v) is 8.20. The summed E-state index contributed by atoms with van der Waals surface area (Å²) in [4.78, 5) is 0. The molecule has 0 aromatic carbocycles. The van der Waals surface area contributed by atoms with Crippen molar-refractivity contribution in [3.63, 3.8) is 0 Å². The maximum absolute atomic E-state index is 7.17. The molecule has 5 heteroatoms. The molecule has 3 N–H and O–H groups in total. The van der Waals surface area contributed by atoms with Crippen molar-refractivity contribution >= 4 is 56.3 Å². The van der Waals surface area contributed by atoms with Gasteiger partial charge in [0.15, 0.2) is 0 Å². The van der Waals surface area contributed by atoms with E-state index in [0.29, 0.717) is 0 Å². The molecule has 0 aromatic rings. The Morgan fingerprint density at radius 1 is 1.38 bits per heavy atom. The molecule has 0 bridgehead atoms. The first-order valence-corrected chi connectivity index (χ1v) is 4.07. The van der Waals surface area contributed by atoms with Crippen molar-refractivity contribution in [2.24, 2.45) is 0 Å². The van der Waals surface area contributed by atoms with Gasteiger partial charge in [-0.25, -0.2) is 0 Å². The van der Waals surface area contributed by atoms with Crippen LogP contribution in [0.5, 0.6) is 0 Å². The van der Waals surface area contributed by atoms with Gasteiger partial charge in [-0.3, -0.25) is 0 Å². The van der Waals surface area contributed by atoms with Crippen molar-refractivity contribution in [3.8, 4) is 0 Å². The predicted octanol–water partition coefficient (Wildman–Crippen LogP) is -1.36. The maximum Gasteiger partial charge on any atom is 0.631 e. The van der Waals surface area contributed by atoms with Gasteiger partial charge >= 0.3 is 69.4 Å². The minimum Gasteiger partial charge on any atom is -0.402 e. The summed E-state index contributed by atoms with van der Waals surface area (Å²) in [5.74, 6) is 0. The van der Waals surface area contributed by atoms with Crippen LogP contribution in [0.15, 0.2) is 6.25 Å². The minimum atomic E-state index is -2.17. The number of rotatable bonds is 0. The second-order valence-electron chi connectivity index (χ2n) is 1.01. The van der Waals surface area contributed by atoms with E-state index >= 15 is 0 Å². The molecule has 0 unspecified atom stereocenters. The third kappa shape index (κ3) is 54.3. The summed E-state index contributed by atoms with van der Waals surface area (Å²) in [5.41, 5.74) is 0. The average Bonchev–Trinajstić information content (AvgIpc) is 1.65. The molecule has 0 radical (unpaired) electrons. The van der Waals surface area contributed by atoms with E-state index in [2.05, 4.69) is 6.25 Å². The molecular weight excluding hydrogens is 134 g/mol. The summed E-state index contributed by atoms with van der Waals surface area (Å²) in [6.45, 7) is 2.05. The third-order valence-electron chi connectivity index (χ3n) is 0.333. The van der Waals surface area contributed by atoms with Gasteiger partial charge in [-0.05, 0) is 0 Å². The standard InChI is InChI=1S/C3H5.BH3O3.K/c1-3-2;2-1(3)4;/h1,3H,2H3;2-4H;. The summed E-state index contributed by atoms with van der Waals surface area (Å²) in [6.07, 6.45) is 2.08. The summed E-state index contributed by atoms with van der Waals surface area (Å²) < 4.78 is 2.19. The van der Waals surface area contributed by atoms with Crippen LogP contribution in [0.1, 0.15) is 6.92 Å². The van der Waals surface area contributed by atoms with Crippen LogP contribution in [0.25, 0.3) is 0 Å². The Hall–Kier alpha value is 1.32. The Morgan fingerprint density at radius 2 is 1.50 bits per heavy atom. The van der Waals surface area contributed by atoms with Gasteiger partial charge < -0.3 is 15.1 Å². The van der Waals surface area contributed by atoms with Gasteiger partial charge in [-0.2, -0.15) is 0 Å². The van der Waals surface area contributed by atoms with Gasteiger partial charge in [0.05, 0.1) is 0 Å². The predicted molar refractivity (Wildman–Crippen MR) is 33.0 cm³/mol. The second kappa shape index (κ2) is 11.2. The summed E-state index contributed by atoms with van der Waals surface area (Å²) in [7, 11) is -2.17. The molecule has 0 rings (SSSR count). The zero-order chi connectivity index (χ0) is 6.99. The quantitative estimate of drug-likeness (QED) is 0.366. The van der Waals surface area contributed by atoms with Gasteiger partial charge in [-0.15, -0.1) is 0 Å². The third-order valence-corrected chi connectivity index (χ3v) is 1.37. The first-order chi connectivity index (χ1) is 3.65. The molecule has 42 valence electrons. The van der Waals surface area contributed by atoms with E-state index in [0.717, 1.165) is 49.0 Å². The Morgan fingerprint density at radius 3 is 1.50 bits per heavy atom. The summed E-state index contributed by atoms with van der Waals surface area (Å²) in [5, 5.41) is 21.5. The fourth-order valence-corrected chi connectivity index (χ4v) is 0. The van der Waals surface area contributed by atoms with Crippen LogP contribution >= 0.6 is 0 Å². The van der Waals surface area contributed by atoms with Gasteiger partial charge in [0.2, 0.25) is 0 Å². The van der Waals surface area contributed by atoms with Gasteiger partial charge in [0.1, 0.15) is 0 Å². The van der Waals surface area contributed by atoms with E-state index < -0.39 is 7.32 Å². The fourth-order valence-electron chi connectivity index (χ4n) is 0. The Balaban J connectivity index is 0. The topological polar surface area (TPSA) is 60.7 Å². The Kier molecular flexibility index (Phi) is 16.8. The van der Waals surface area contributed by atoms with E-state index in [-0.39, 0.29) is 0 Å². The number of hydrogen-bond acceptors (Lipinski definition) is 3. The largest absolute Gasteiger partial charge is 0.631 e. The van der Waals surface area contributed by atoms with Crippen LogP contribution in [0.4, 0.5) is 0 Å². The van der Waals surface area contributed by atoms with E-state index in [9.17, 15) is 0 Å². The normalized spacial score (nSPS) is 8.25. The van der Waals surface area contributed by atoms with Crippen molar-refractivity contribution in [3.05, 3.63) is 6.25 Å². The molecule has 0 spiro atoms. The summed E-state index contributed by atoms with van der Waals surface area (Å²) >= 11 is 0.932. The monoisotopic (exact) mass is 142 g/mol. The smallest absolute Gasteiger partial charge is 0.402 e. The molecule has 0 saturated carbocycles.